The molecular formula is C15H15N3O3. The zero-order valence-electron chi connectivity index (χ0n) is 11.6. The van der Waals surface area contributed by atoms with E-state index in [2.05, 4.69) is 26.8 Å². The summed E-state index contributed by atoms with van der Waals surface area (Å²) in [6.07, 6.45) is 6.94. The van der Waals surface area contributed by atoms with Crippen molar-refractivity contribution in [1.82, 2.24) is 15.0 Å². The lowest BCUT2D eigenvalue weighted by Crippen LogP contribution is -2.00. The molecule has 108 valence electrons. The standard InChI is InChI=1S/C15H15N3O3/c1-2-3-8-20-15-13-11-9-16-6-4-10(11)14(21-19)18-12(13)5-7-17-15/h4-7,9,19H,2-3,8H2,1H3. The summed E-state index contributed by atoms with van der Waals surface area (Å²) in [7, 11) is 0. The number of rotatable bonds is 5. The Morgan fingerprint density at radius 1 is 1.14 bits per heavy atom. The van der Waals surface area contributed by atoms with E-state index in [1.165, 1.54) is 0 Å². The Morgan fingerprint density at radius 3 is 2.86 bits per heavy atom. The van der Waals surface area contributed by atoms with Gasteiger partial charge in [0.05, 0.1) is 22.9 Å². The van der Waals surface area contributed by atoms with Crippen molar-refractivity contribution in [3.8, 4) is 11.8 Å². The van der Waals surface area contributed by atoms with Crippen molar-refractivity contribution in [2.75, 3.05) is 6.61 Å². The number of fused-ring (bicyclic) bond motifs is 3. The second kappa shape index (κ2) is 5.88. The smallest absolute Gasteiger partial charge is 0.264 e. The van der Waals surface area contributed by atoms with Crippen LogP contribution in [0.15, 0.2) is 30.7 Å². The molecule has 0 saturated heterocycles. The van der Waals surface area contributed by atoms with E-state index in [-0.39, 0.29) is 5.88 Å². The van der Waals surface area contributed by atoms with Crippen LogP contribution >= 0.6 is 0 Å². The first-order valence-electron chi connectivity index (χ1n) is 6.81. The van der Waals surface area contributed by atoms with Crippen molar-refractivity contribution in [3.63, 3.8) is 0 Å². The summed E-state index contributed by atoms with van der Waals surface area (Å²) < 4.78 is 5.76. The fourth-order valence-electron chi connectivity index (χ4n) is 2.22. The van der Waals surface area contributed by atoms with E-state index in [0.717, 1.165) is 23.6 Å². The quantitative estimate of drug-likeness (QED) is 0.336. The van der Waals surface area contributed by atoms with Gasteiger partial charge in [-0.1, -0.05) is 13.3 Å². The predicted molar refractivity (Wildman–Crippen MR) is 78.5 cm³/mol. The zero-order chi connectivity index (χ0) is 14.7. The van der Waals surface area contributed by atoms with Crippen molar-refractivity contribution in [3.05, 3.63) is 30.7 Å². The minimum absolute atomic E-state index is 0.144. The lowest BCUT2D eigenvalue weighted by molar-refractivity contribution is -0.139. The van der Waals surface area contributed by atoms with Crippen molar-refractivity contribution >= 4 is 21.7 Å². The Balaban J connectivity index is 2.24. The van der Waals surface area contributed by atoms with Gasteiger partial charge in [0.25, 0.3) is 5.88 Å². The zero-order valence-corrected chi connectivity index (χ0v) is 11.6. The van der Waals surface area contributed by atoms with E-state index in [9.17, 15) is 0 Å². The number of aromatic nitrogens is 3. The number of pyridine rings is 3. The third-order valence-electron chi connectivity index (χ3n) is 3.26. The van der Waals surface area contributed by atoms with Gasteiger partial charge in [0, 0.05) is 24.0 Å². The minimum atomic E-state index is 0.144. The van der Waals surface area contributed by atoms with Gasteiger partial charge in [-0.25, -0.2) is 15.2 Å². The van der Waals surface area contributed by atoms with E-state index < -0.39 is 0 Å². The summed E-state index contributed by atoms with van der Waals surface area (Å²) in [6, 6.07) is 3.48. The Hall–Kier alpha value is -2.47. The van der Waals surface area contributed by atoms with Crippen molar-refractivity contribution in [2.45, 2.75) is 19.8 Å². The molecule has 1 N–H and O–H groups in total. The summed E-state index contributed by atoms with van der Waals surface area (Å²) in [5.74, 6) is 0.668. The maximum Gasteiger partial charge on any atom is 0.264 e. The molecular weight excluding hydrogens is 270 g/mol. The van der Waals surface area contributed by atoms with Gasteiger partial charge in [-0.2, -0.15) is 0 Å². The predicted octanol–water partition coefficient (Wildman–Crippen LogP) is 3.21. The summed E-state index contributed by atoms with van der Waals surface area (Å²) in [6.45, 7) is 2.70. The number of ether oxygens (including phenoxy) is 1. The summed E-state index contributed by atoms with van der Waals surface area (Å²) >= 11 is 0. The van der Waals surface area contributed by atoms with Gasteiger partial charge >= 0.3 is 0 Å². The molecule has 6 nitrogen and oxygen atoms in total. The normalized spacial score (nSPS) is 11.0. The highest BCUT2D eigenvalue weighted by Crippen LogP contribution is 2.34. The monoisotopic (exact) mass is 285 g/mol. The summed E-state index contributed by atoms with van der Waals surface area (Å²) in [5.41, 5.74) is 0.640. The molecule has 0 unspecified atom stereocenters. The van der Waals surface area contributed by atoms with Crippen molar-refractivity contribution in [2.24, 2.45) is 0 Å². The molecule has 6 heteroatoms. The summed E-state index contributed by atoms with van der Waals surface area (Å²) in [4.78, 5) is 17.1. The van der Waals surface area contributed by atoms with Crippen LogP contribution in [0.3, 0.4) is 0 Å². The molecule has 3 aromatic heterocycles. The Morgan fingerprint density at radius 2 is 2.05 bits per heavy atom. The molecule has 3 heterocycles. The van der Waals surface area contributed by atoms with Crippen LogP contribution in [-0.4, -0.2) is 26.8 Å². The van der Waals surface area contributed by atoms with E-state index in [0.29, 0.717) is 23.4 Å². The van der Waals surface area contributed by atoms with Gasteiger partial charge in [0.1, 0.15) is 0 Å². The summed E-state index contributed by atoms with van der Waals surface area (Å²) in [5, 5.41) is 11.2. The Bertz CT molecular complexity index is 777. The molecule has 3 aromatic rings. The maximum atomic E-state index is 9.01. The minimum Gasteiger partial charge on any atom is -0.477 e. The second-order valence-corrected chi connectivity index (χ2v) is 4.64. The molecule has 0 aliphatic heterocycles. The first-order chi connectivity index (χ1) is 10.3. The van der Waals surface area contributed by atoms with Crippen LogP contribution in [0.2, 0.25) is 0 Å². The van der Waals surface area contributed by atoms with E-state index in [4.69, 9.17) is 9.99 Å². The van der Waals surface area contributed by atoms with Gasteiger partial charge in [0.2, 0.25) is 5.88 Å². The van der Waals surface area contributed by atoms with Gasteiger partial charge in [-0.05, 0) is 18.6 Å². The molecule has 0 saturated carbocycles. The lowest BCUT2D eigenvalue weighted by atomic mass is 10.1. The highest BCUT2D eigenvalue weighted by molar-refractivity contribution is 6.09. The number of hydrogen-bond acceptors (Lipinski definition) is 6. The molecule has 21 heavy (non-hydrogen) atoms. The topological polar surface area (TPSA) is 77.4 Å². The van der Waals surface area contributed by atoms with Gasteiger partial charge < -0.3 is 9.62 Å². The third kappa shape index (κ3) is 2.45. The highest BCUT2D eigenvalue weighted by atomic mass is 17.1. The fourth-order valence-corrected chi connectivity index (χ4v) is 2.22. The fraction of sp³-hybridized carbons (Fsp3) is 0.267. The first kappa shape index (κ1) is 13.5. The average molecular weight is 285 g/mol. The first-order valence-corrected chi connectivity index (χ1v) is 6.81. The van der Waals surface area contributed by atoms with E-state index in [1.54, 1.807) is 30.7 Å². The van der Waals surface area contributed by atoms with Crippen molar-refractivity contribution in [1.29, 1.82) is 0 Å². The van der Waals surface area contributed by atoms with Crippen LogP contribution in [0.5, 0.6) is 11.8 Å². The molecule has 0 bridgehead atoms. The number of unbranched alkanes of at least 4 members (excludes halogenated alkanes) is 1. The Labute approximate surface area is 121 Å². The van der Waals surface area contributed by atoms with Gasteiger partial charge in [0.15, 0.2) is 0 Å². The second-order valence-electron chi connectivity index (χ2n) is 4.64. The molecule has 0 aromatic carbocycles. The third-order valence-corrected chi connectivity index (χ3v) is 3.26. The molecule has 0 amide bonds. The molecule has 3 rings (SSSR count). The largest absolute Gasteiger partial charge is 0.477 e. The molecule has 0 aliphatic carbocycles. The van der Waals surface area contributed by atoms with E-state index >= 15 is 0 Å². The van der Waals surface area contributed by atoms with Crippen LogP contribution in [0.4, 0.5) is 0 Å². The van der Waals surface area contributed by atoms with Gasteiger partial charge in [-0.15, -0.1) is 0 Å². The van der Waals surface area contributed by atoms with Crippen LogP contribution < -0.4 is 9.62 Å². The highest BCUT2D eigenvalue weighted by Gasteiger charge is 2.14. The molecule has 0 atom stereocenters. The van der Waals surface area contributed by atoms with Crippen LogP contribution in [0.25, 0.3) is 21.7 Å². The molecule has 0 aliphatic rings. The van der Waals surface area contributed by atoms with Crippen LogP contribution in [0.1, 0.15) is 19.8 Å². The van der Waals surface area contributed by atoms with Crippen molar-refractivity contribution < 1.29 is 14.9 Å². The maximum absolute atomic E-state index is 9.01. The SMILES string of the molecule is CCCCOc1nccc2nc(OO)c3ccncc3c12. The number of hydrogen-bond donors (Lipinski definition) is 1. The molecule has 0 spiro atoms. The number of nitrogens with zero attached hydrogens (tertiary/aromatic N) is 3. The van der Waals surface area contributed by atoms with Crippen LogP contribution in [-0.2, 0) is 0 Å². The Kier molecular flexibility index (Phi) is 3.79. The molecule has 0 radical (unpaired) electrons. The molecule has 0 fully saturated rings. The average Bonchev–Trinajstić information content (AvgIpc) is 2.54. The van der Waals surface area contributed by atoms with Gasteiger partial charge in [-0.3, -0.25) is 4.98 Å². The van der Waals surface area contributed by atoms with Crippen LogP contribution in [0, 0.1) is 0 Å². The van der Waals surface area contributed by atoms with E-state index in [1.807, 2.05) is 0 Å². The lowest BCUT2D eigenvalue weighted by Gasteiger charge is -2.10.